The van der Waals surface area contributed by atoms with Crippen LogP contribution < -0.4 is 19.7 Å². The number of methoxy groups -OCH3 is 1. The lowest BCUT2D eigenvalue weighted by molar-refractivity contribution is -0.114. The zero-order valence-electron chi connectivity index (χ0n) is 16.7. The summed E-state index contributed by atoms with van der Waals surface area (Å²) in [5.41, 5.74) is 1.11. The maximum Gasteiger partial charge on any atom is 0.272 e. The van der Waals surface area contributed by atoms with Crippen LogP contribution in [0.5, 0.6) is 17.2 Å². The van der Waals surface area contributed by atoms with Crippen molar-refractivity contribution in [2.75, 3.05) is 23.2 Å². The normalized spacial score (nSPS) is 16.4. The van der Waals surface area contributed by atoms with E-state index in [0.717, 1.165) is 0 Å². The lowest BCUT2D eigenvalue weighted by Gasteiger charge is -2.14. The fraction of sp³-hybridized carbons (Fsp3) is 0.0870. The van der Waals surface area contributed by atoms with Crippen LogP contribution in [-0.2, 0) is 14.6 Å². The van der Waals surface area contributed by atoms with E-state index in [9.17, 15) is 13.2 Å². The lowest BCUT2D eigenvalue weighted by Crippen LogP contribution is -2.24. The third kappa shape index (κ3) is 4.54. The number of carbonyl (C=O) groups excluding carboxylic acids is 1. The van der Waals surface area contributed by atoms with Gasteiger partial charge < -0.3 is 14.8 Å². The molecule has 0 unspecified atom stereocenters. The number of para-hydroxylation sites is 1. The van der Waals surface area contributed by atoms with Gasteiger partial charge in [-0.1, -0.05) is 18.2 Å². The van der Waals surface area contributed by atoms with Crippen LogP contribution in [0.4, 0.5) is 11.4 Å². The van der Waals surface area contributed by atoms with Crippen molar-refractivity contribution in [2.45, 2.75) is 0 Å². The molecule has 1 amide bonds. The molecule has 1 N–H and O–H groups in total. The van der Waals surface area contributed by atoms with Crippen molar-refractivity contribution in [3.05, 3.63) is 90.0 Å². The van der Waals surface area contributed by atoms with E-state index in [1.54, 1.807) is 55.6 Å². The third-order valence-electron chi connectivity index (χ3n) is 4.68. The Labute approximate surface area is 180 Å². The Morgan fingerprint density at radius 3 is 2.13 bits per heavy atom. The molecule has 0 radical (unpaired) electrons. The van der Waals surface area contributed by atoms with Gasteiger partial charge >= 0.3 is 0 Å². The molecule has 1 aliphatic heterocycles. The van der Waals surface area contributed by atoms with E-state index in [1.807, 2.05) is 30.3 Å². The number of carbonyl (C=O) groups is 1. The molecule has 1 saturated heterocycles. The van der Waals surface area contributed by atoms with Crippen LogP contribution in [0.2, 0.25) is 0 Å². The SMILES string of the molecule is COc1ccc(NC=C2C(=O)N(c3ccc(Oc4ccccc4)cc3)CS2(=O)=O)cc1. The molecule has 3 aromatic carbocycles. The summed E-state index contributed by atoms with van der Waals surface area (Å²) in [7, 11) is -2.20. The molecular weight excluding hydrogens is 416 g/mol. The van der Waals surface area contributed by atoms with Crippen LogP contribution in [-0.4, -0.2) is 27.3 Å². The highest BCUT2D eigenvalue weighted by Gasteiger charge is 2.40. The van der Waals surface area contributed by atoms with Gasteiger partial charge in [0.25, 0.3) is 5.91 Å². The van der Waals surface area contributed by atoms with Gasteiger partial charge in [0.15, 0.2) is 0 Å². The lowest BCUT2D eigenvalue weighted by atomic mass is 10.2. The number of nitrogens with zero attached hydrogens (tertiary/aromatic N) is 1. The number of rotatable bonds is 6. The first-order chi connectivity index (χ1) is 15.0. The first-order valence-electron chi connectivity index (χ1n) is 9.45. The predicted octanol–water partition coefficient (Wildman–Crippen LogP) is 4.16. The summed E-state index contributed by atoms with van der Waals surface area (Å²) in [4.78, 5) is 13.7. The Morgan fingerprint density at radius 2 is 1.48 bits per heavy atom. The summed E-state index contributed by atoms with van der Waals surface area (Å²) in [6.45, 7) is 0. The summed E-state index contributed by atoms with van der Waals surface area (Å²) >= 11 is 0. The quantitative estimate of drug-likeness (QED) is 0.584. The van der Waals surface area contributed by atoms with Crippen molar-refractivity contribution in [1.29, 1.82) is 0 Å². The second-order valence-corrected chi connectivity index (χ2v) is 8.69. The average Bonchev–Trinajstić information content (AvgIpc) is 3.02. The molecule has 4 rings (SSSR count). The highest BCUT2D eigenvalue weighted by Crippen LogP contribution is 2.30. The van der Waals surface area contributed by atoms with Crippen LogP contribution in [0, 0.1) is 0 Å². The van der Waals surface area contributed by atoms with Crippen LogP contribution >= 0.6 is 0 Å². The van der Waals surface area contributed by atoms with Crippen molar-refractivity contribution in [1.82, 2.24) is 0 Å². The van der Waals surface area contributed by atoms with Crippen LogP contribution in [0.3, 0.4) is 0 Å². The molecule has 158 valence electrons. The Kier molecular flexibility index (Phi) is 5.64. The number of hydrogen-bond acceptors (Lipinski definition) is 6. The van der Waals surface area contributed by atoms with Crippen molar-refractivity contribution in [2.24, 2.45) is 0 Å². The van der Waals surface area contributed by atoms with Gasteiger partial charge in [-0.15, -0.1) is 0 Å². The molecule has 1 heterocycles. The minimum atomic E-state index is -3.76. The van der Waals surface area contributed by atoms with Gasteiger partial charge in [-0.25, -0.2) is 8.42 Å². The van der Waals surface area contributed by atoms with Crippen molar-refractivity contribution in [3.63, 3.8) is 0 Å². The molecule has 0 aliphatic carbocycles. The molecule has 7 nitrogen and oxygen atoms in total. The second kappa shape index (κ2) is 8.53. The second-order valence-electron chi connectivity index (χ2n) is 6.77. The Hall–Kier alpha value is -3.78. The first-order valence-corrected chi connectivity index (χ1v) is 11.1. The minimum Gasteiger partial charge on any atom is -0.497 e. The number of benzene rings is 3. The first kappa shape index (κ1) is 20.5. The van der Waals surface area contributed by atoms with Crippen LogP contribution in [0.15, 0.2) is 90.0 Å². The van der Waals surface area contributed by atoms with Gasteiger partial charge in [-0.2, -0.15) is 0 Å². The van der Waals surface area contributed by atoms with Crippen LogP contribution in [0.1, 0.15) is 0 Å². The zero-order valence-corrected chi connectivity index (χ0v) is 17.5. The van der Waals surface area contributed by atoms with E-state index in [1.165, 1.54) is 11.1 Å². The molecule has 31 heavy (non-hydrogen) atoms. The largest absolute Gasteiger partial charge is 0.497 e. The molecule has 1 aliphatic rings. The fourth-order valence-corrected chi connectivity index (χ4v) is 4.42. The van der Waals surface area contributed by atoms with E-state index in [2.05, 4.69) is 5.32 Å². The number of amides is 1. The summed E-state index contributed by atoms with van der Waals surface area (Å²) in [5.74, 6) is 0.943. The Bertz CT molecular complexity index is 1210. The Balaban J connectivity index is 1.50. The molecule has 1 fully saturated rings. The Morgan fingerprint density at radius 1 is 0.871 bits per heavy atom. The number of ether oxygens (including phenoxy) is 2. The number of anilines is 2. The maximum atomic E-state index is 12.8. The van der Waals surface area contributed by atoms with Gasteiger partial charge in [-0.3, -0.25) is 9.69 Å². The van der Waals surface area contributed by atoms with Crippen molar-refractivity contribution < 1.29 is 22.7 Å². The van der Waals surface area contributed by atoms with Gasteiger partial charge in [-0.05, 0) is 60.7 Å². The molecule has 0 spiro atoms. The number of sulfone groups is 1. The molecule has 3 aromatic rings. The topological polar surface area (TPSA) is 84.9 Å². The van der Waals surface area contributed by atoms with Crippen LogP contribution in [0.25, 0.3) is 0 Å². The zero-order chi connectivity index (χ0) is 21.8. The van der Waals surface area contributed by atoms with E-state index in [4.69, 9.17) is 9.47 Å². The average molecular weight is 436 g/mol. The van der Waals surface area contributed by atoms with Gasteiger partial charge in [0.1, 0.15) is 28.0 Å². The molecule has 8 heteroatoms. The number of nitrogens with one attached hydrogen (secondary N) is 1. The van der Waals surface area contributed by atoms with E-state index < -0.39 is 21.6 Å². The maximum absolute atomic E-state index is 12.8. The molecule has 0 aromatic heterocycles. The highest BCUT2D eigenvalue weighted by atomic mass is 32.2. The molecule has 0 saturated carbocycles. The third-order valence-corrected chi connectivity index (χ3v) is 6.24. The van der Waals surface area contributed by atoms with Gasteiger partial charge in [0, 0.05) is 17.6 Å². The number of hydrogen-bond donors (Lipinski definition) is 1. The van der Waals surface area contributed by atoms with Gasteiger partial charge in [0.05, 0.1) is 7.11 Å². The summed E-state index contributed by atoms with van der Waals surface area (Å²) < 4.78 is 36.0. The predicted molar refractivity (Wildman–Crippen MR) is 119 cm³/mol. The van der Waals surface area contributed by atoms with Gasteiger partial charge in [0.2, 0.25) is 9.84 Å². The van der Waals surface area contributed by atoms with Crippen molar-refractivity contribution >= 4 is 27.1 Å². The summed E-state index contributed by atoms with van der Waals surface area (Å²) in [6.07, 6.45) is 1.23. The fourth-order valence-electron chi connectivity index (χ4n) is 3.06. The van der Waals surface area contributed by atoms with E-state index in [0.29, 0.717) is 28.6 Å². The highest BCUT2D eigenvalue weighted by molar-refractivity contribution is 7.97. The monoisotopic (exact) mass is 436 g/mol. The summed E-state index contributed by atoms with van der Waals surface area (Å²) in [6, 6.07) is 22.9. The standard InChI is InChI=1S/C23H20N2O5S/c1-29-19-11-7-17(8-12-19)24-15-22-23(26)25(16-31(22,27)28)18-9-13-21(14-10-18)30-20-5-3-2-4-6-20/h2-15,24H,16H2,1H3. The van der Waals surface area contributed by atoms with E-state index in [-0.39, 0.29) is 4.91 Å². The smallest absolute Gasteiger partial charge is 0.272 e. The minimum absolute atomic E-state index is 0.284. The van der Waals surface area contributed by atoms with Crippen molar-refractivity contribution in [3.8, 4) is 17.2 Å². The van der Waals surface area contributed by atoms with E-state index >= 15 is 0 Å². The molecule has 0 bridgehead atoms. The molecular formula is C23H20N2O5S. The summed E-state index contributed by atoms with van der Waals surface area (Å²) in [5, 5.41) is 2.87. The molecule has 0 atom stereocenters.